The summed E-state index contributed by atoms with van der Waals surface area (Å²) in [7, 11) is 1.36. The number of halogens is 3. The van der Waals surface area contributed by atoms with Crippen molar-refractivity contribution in [2.45, 2.75) is 6.18 Å². The molecule has 0 aliphatic rings. The maximum Gasteiger partial charge on any atom is 0.416 e. The molecule has 0 unspecified atom stereocenters. The molecule has 6 heteroatoms. The molecule has 0 aromatic heterocycles. The SMILES string of the molecule is CNC(=O)C(C#N)=Cc1ccc(C(F)(F)F)cc1. The third kappa shape index (κ3) is 3.35. The van der Waals surface area contributed by atoms with Crippen molar-refractivity contribution >= 4 is 12.0 Å². The van der Waals surface area contributed by atoms with Crippen LogP contribution < -0.4 is 5.32 Å². The number of likely N-dealkylation sites (N-methyl/N-ethyl adjacent to an activating group) is 1. The van der Waals surface area contributed by atoms with Crippen molar-refractivity contribution < 1.29 is 18.0 Å². The predicted octanol–water partition coefficient (Wildman–Crippen LogP) is 2.36. The van der Waals surface area contributed by atoms with E-state index in [1.54, 1.807) is 6.07 Å². The van der Waals surface area contributed by atoms with Gasteiger partial charge in [0.05, 0.1) is 5.56 Å². The summed E-state index contributed by atoms with van der Waals surface area (Å²) in [5.41, 5.74) is -0.599. The van der Waals surface area contributed by atoms with Crippen LogP contribution in [-0.4, -0.2) is 13.0 Å². The van der Waals surface area contributed by atoms with Gasteiger partial charge in [-0.05, 0) is 23.8 Å². The van der Waals surface area contributed by atoms with Gasteiger partial charge in [-0.2, -0.15) is 18.4 Å². The average molecular weight is 254 g/mol. The number of amides is 1. The maximum absolute atomic E-state index is 12.3. The molecule has 94 valence electrons. The Balaban J connectivity index is 3.03. The van der Waals surface area contributed by atoms with Crippen molar-refractivity contribution in [1.29, 1.82) is 5.26 Å². The molecule has 0 aliphatic heterocycles. The van der Waals surface area contributed by atoms with Crippen molar-refractivity contribution in [3.8, 4) is 6.07 Å². The molecule has 1 amide bonds. The smallest absolute Gasteiger partial charge is 0.354 e. The molecule has 0 saturated heterocycles. The molecular weight excluding hydrogens is 245 g/mol. The fraction of sp³-hybridized carbons (Fsp3) is 0.167. The third-order valence-electron chi connectivity index (χ3n) is 2.14. The largest absolute Gasteiger partial charge is 0.416 e. The molecule has 18 heavy (non-hydrogen) atoms. The first-order chi connectivity index (χ1) is 8.38. The topological polar surface area (TPSA) is 52.9 Å². The summed E-state index contributed by atoms with van der Waals surface area (Å²) in [5.74, 6) is -0.586. The van der Waals surface area contributed by atoms with Gasteiger partial charge >= 0.3 is 6.18 Å². The van der Waals surface area contributed by atoms with Crippen molar-refractivity contribution in [1.82, 2.24) is 5.32 Å². The number of benzene rings is 1. The lowest BCUT2D eigenvalue weighted by atomic mass is 10.1. The highest BCUT2D eigenvalue weighted by Crippen LogP contribution is 2.29. The monoisotopic (exact) mass is 254 g/mol. The number of carbonyl (C=O) groups is 1. The zero-order valence-electron chi connectivity index (χ0n) is 9.38. The minimum absolute atomic E-state index is 0.169. The summed E-state index contributed by atoms with van der Waals surface area (Å²) in [5, 5.41) is 11.0. The van der Waals surface area contributed by atoms with Crippen molar-refractivity contribution in [3.63, 3.8) is 0 Å². The average Bonchev–Trinajstić information content (AvgIpc) is 2.34. The lowest BCUT2D eigenvalue weighted by molar-refractivity contribution is -0.137. The number of hydrogen-bond donors (Lipinski definition) is 1. The zero-order chi connectivity index (χ0) is 13.8. The molecule has 0 heterocycles. The van der Waals surface area contributed by atoms with E-state index < -0.39 is 17.6 Å². The van der Waals surface area contributed by atoms with Gasteiger partial charge in [0.1, 0.15) is 11.6 Å². The number of nitrogens with one attached hydrogen (secondary N) is 1. The van der Waals surface area contributed by atoms with Gasteiger partial charge in [-0.15, -0.1) is 0 Å². The van der Waals surface area contributed by atoms with Crippen LogP contribution in [0.5, 0.6) is 0 Å². The van der Waals surface area contributed by atoms with Gasteiger partial charge in [0.15, 0.2) is 0 Å². The lowest BCUT2D eigenvalue weighted by Crippen LogP contribution is -2.19. The third-order valence-corrected chi connectivity index (χ3v) is 2.14. The Hall–Kier alpha value is -2.29. The molecule has 0 atom stereocenters. The van der Waals surface area contributed by atoms with Crippen LogP contribution >= 0.6 is 0 Å². The van der Waals surface area contributed by atoms with Crippen molar-refractivity contribution in [3.05, 3.63) is 41.0 Å². The quantitative estimate of drug-likeness (QED) is 0.650. The van der Waals surface area contributed by atoms with Gasteiger partial charge in [-0.25, -0.2) is 0 Å². The van der Waals surface area contributed by atoms with E-state index in [0.717, 1.165) is 12.1 Å². The summed E-state index contributed by atoms with van der Waals surface area (Å²) in [6, 6.07) is 5.86. The number of nitriles is 1. The Morgan fingerprint density at radius 2 is 1.89 bits per heavy atom. The Morgan fingerprint density at radius 3 is 2.28 bits per heavy atom. The summed E-state index contributed by atoms with van der Waals surface area (Å²) < 4.78 is 36.9. The minimum atomic E-state index is -4.40. The molecule has 0 bridgehead atoms. The van der Waals surface area contributed by atoms with Gasteiger partial charge < -0.3 is 5.32 Å². The molecule has 1 N–H and O–H groups in total. The summed E-state index contributed by atoms with van der Waals surface area (Å²) in [6.45, 7) is 0. The highest BCUT2D eigenvalue weighted by atomic mass is 19.4. The van der Waals surface area contributed by atoms with Gasteiger partial charge in [-0.1, -0.05) is 12.1 Å². The summed E-state index contributed by atoms with van der Waals surface area (Å²) in [4.78, 5) is 11.2. The molecule has 0 radical (unpaired) electrons. The van der Waals surface area contributed by atoms with Crippen molar-refractivity contribution in [2.75, 3.05) is 7.05 Å². The second kappa shape index (κ2) is 5.36. The highest BCUT2D eigenvalue weighted by molar-refractivity contribution is 6.01. The number of alkyl halides is 3. The molecule has 1 aromatic carbocycles. The number of nitrogens with zero attached hydrogens (tertiary/aromatic N) is 1. The van der Waals surface area contributed by atoms with Crippen LogP contribution in [0.25, 0.3) is 6.08 Å². The lowest BCUT2D eigenvalue weighted by Gasteiger charge is -2.06. The zero-order valence-corrected chi connectivity index (χ0v) is 9.38. The Morgan fingerprint density at radius 1 is 1.33 bits per heavy atom. The van der Waals surface area contributed by atoms with E-state index in [4.69, 9.17) is 5.26 Å². The first-order valence-electron chi connectivity index (χ1n) is 4.89. The fourth-order valence-electron chi connectivity index (χ4n) is 1.22. The Bertz CT molecular complexity index is 510. The van der Waals surface area contributed by atoms with E-state index in [0.29, 0.717) is 5.56 Å². The van der Waals surface area contributed by atoms with Gasteiger partial charge in [0.25, 0.3) is 5.91 Å². The van der Waals surface area contributed by atoms with Gasteiger partial charge in [0.2, 0.25) is 0 Å². The minimum Gasteiger partial charge on any atom is -0.354 e. The Kier molecular flexibility index (Phi) is 4.10. The summed E-state index contributed by atoms with van der Waals surface area (Å²) >= 11 is 0. The van der Waals surface area contributed by atoms with Crippen molar-refractivity contribution in [2.24, 2.45) is 0 Å². The van der Waals surface area contributed by atoms with Crippen LogP contribution in [0.4, 0.5) is 13.2 Å². The molecular formula is C12H9F3N2O. The van der Waals surface area contributed by atoms with E-state index in [9.17, 15) is 18.0 Å². The molecule has 1 rings (SSSR count). The molecule has 0 fully saturated rings. The van der Waals surface area contributed by atoms with Crippen LogP contribution in [0, 0.1) is 11.3 Å². The van der Waals surface area contributed by atoms with E-state index >= 15 is 0 Å². The van der Waals surface area contributed by atoms with E-state index in [-0.39, 0.29) is 5.57 Å². The molecule has 0 spiro atoms. The Labute approximate surface area is 102 Å². The number of hydrogen-bond acceptors (Lipinski definition) is 2. The standard InChI is InChI=1S/C12H9F3N2O/c1-17-11(18)9(7-16)6-8-2-4-10(5-3-8)12(13,14)15/h2-6H,1H3,(H,17,18). The molecule has 0 saturated carbocycles. The van der Waals surface area contributed by atoms with Gasteiger partial charge in [-0.3, -0.25) is 4.79 Å². The van der Waals surface area contributed by atoms with Crippen LogP contribution in [0.2, 0.25) is 0 Å². The maximum atomic E-state index is 12.3. The first-order valence-corrected chi connectivity index (χ1v) is 4.89. The van der Waals surface area contributed by atoms with E-state index in [1.807, 2.05) is 0 Å². The molecule has 3 nitrogen and oxygen atoms in total. The normalized spacial score (nSPS) is 11.8. The second-order valence-corrected chi connectivity index (χ2v) is 3.37. The summed E-state index contributed by atoms with van der Waals surface area (Å²) in [6.07, 6.45) is -3.18. The predicted molar refractivity (Wildman–Crippen MR) is 59.1 cm³/mol. The fourth-order valence-corrected chi connectivity index (χ4v) is 1.22. The molecule has 1 aromatic rings. The van der Waals surface area contributed by atoms with Crippen LogP contribution in [0.1, 0.15) is 11.1 Å². The van der Waals surface area contributed by atoms with Crippen LogP contribution in [0.3, 0.4) is 0 Å². The van der Waals surface area contributed by atoms with E-state index in [1.165, 1.54) is 25.3 Å². The number of carbonyl (C=O) groups excluding carboxylic acids is 1. The second-order valence-electron chi connectivity index (χ2n) is 3.37. The highest BCUT2D eigenvalue weighted by Gasteiger charge is 2.29. The molecule has 0 aliphatic carbocycles. The van der Waals surface area contributed by atoms with Crippen LogP contribution in [0.15, 0.2) is 29.8 Å². The van der Waals surface area contributed by atoms with E-state index in [2.05, 4.69) is 5.32 Å². The van der Waals surface area contributed by atoms with Crippen LogP contribution in [-0.2, 0) is 11.0 Å². The first kappa shape index (κ1) is 13.8. The van der Waals surface area contributed by atoms with Gasteiger partial charge in [0, 0.05) is 7.05 Å². The number of rotatable bonds is 2.